The predicted molar refractivity (Wildman–Crippen MR) is 95.5 cm³/mol. The third-order valence-corrected chi connectivity index (χ3v) is 4.80. The van der Waals surface area contributed by atoms with E-state index in [-0.39, 0.29) is 34.4 Å². The lowest BCUT2D eigenvalue weighted by Gasteiger charge is -2.21. The second-order valence-electron chi connectivity index (χ2n) is 6.67. The van der Waals surface area contributed by atoms with Crippen LogP contribution >= 0.6 is 11.8 Å². The Balaban J connectivity index is 3.10. The average Bonchev–Trinajstić information content (AvgIpc) is 2.47. The maximum Gasteiger partial charge on any atom is 0.319 e. The molecule has 1 aromatic carbocycles. The lowest BCUT2D eigenvalue weighted by atomic mass is 10.1. The Morgan fingerprint density at radius 2 is 1.64 bits per heavy atom. The predicted octanol–water partition coefficient (Wildman–Crippen LogP) is 4.63. The Hall–Kier alpha value is -1.63. The Labute approximate surface area is 151 Å². The van der Waals surface area contributed by atoms with Gasteiger partial charge in [-0.05, 0) is 25.8 Å². The van der Waals surface area contributed by atoms with Gasteiger partial charge in [0.2, 0.25) is 5.91 Å². The Bertz CT molecular complexity index is 633. The van der Waals surface area contributed by atoms with Crippen molar-refractivity contribution >= 4 is 29.3 Å². The summed E-state index contributed by atoms with van der Waals surface area (Å²) >= 11 is 0.964. The lowest BCUT2D eigenvalue weighted by molar-refractivity contribution is -0.147. The zero-order chi connectivity index (χ0) is 19.3. The fourth-order valence-corrected chi connectivity index (χ4v) is 2.94. The van der Waals surface area contributed by atoms with Crippen LogP contribution in [0.2, 0.25) is 0 Å². The van der Waals surface area contributed by atoms with Crippen LogP contribution in [0.15, 0.2) is 17.0 Å². The van der Waals surface area contributed by atoms with Gasteiger partial charge in [-0.3, -0.25) is 9.59 Å². The van der Waals surface area contributed by atoms with E-state index in [0.717, 1.165) is 11.8 Å². The first-order chi connectivity index (χ1) is 11.5. The minimum absolute atomic E-state index is 0.0832. The van der Waals surface area contributed by atoms with Crippen LogP contribution in [-0.4, -0.2) is 23.2 Å². The molecular weight excluding hydrogens is 348 g/mol. The first kappa shape index (κ1) is 21.4. The average molecular weight is 373 g/mol. The molecule has 1 aromatic rings. The highest BCUT2D eigenvalue weighted by Gasteiger charge is 2.27. The molecule has 0 bridgehead atoms. The number of ether oxygens (including phenoxy) is 1. The third-order valence-electron chi connectivity index (χ3n) is 3.25. The van der Waals surface area contributed by atoms with Gasteiger partial charge < -0.3 is 10.1 Å². The minimum atomic E-state index is -0.860. The molecule has 140 valence electrons. The van der Waals surface area contributed by atoms with Crippen molar-refractivity contribution in [3.8, 4) is 0 Å². The van der Waals surface area contributed by atoms with Gasteiger partial charge in [0.05, 0.1) is 11.8 Å². The number of benzene rings is 1. The fraction of sp³-hybridized carbons (Fsp3) is 0.556. The molecule has 0 spiro atoms. The van der Waals surface area contributed by atoms with E-state index < -0.39 is 22.9 Å². The Morgan fingerprint density at radius 3 is 2.12 bits per heavy atom. The molecule has 0 radical (unpaired) electrons. The maximum absolute atomic E-state index is 14.2. The van der Waals surface area contributed by atoms with Crippen LogP contribution in [-0.2, 0) is 14.3 Å². The molecule has 1 rings (SSSR count). The number of thioether (sulfide) groups is 1. The molecule has 0 saturated carbocycles. The molecule has 1 N–H and O–H groups in total. The van der Waals surface area contributed by atoms with Gasteiger partial charge in [0.15, 0.2) is 0 Å². The summed E-state index contributed by atoms with van der Waals surface area (Å²) < 4.78 is 33.3. The highest BCUT2D eigenvalue weighted by Crippen LogP contribution is 2.34. The van der Waals surface area contributed by atoms with Crippen molar-refractivity contribution in [1.82, 2.24) is 0 Å². The largest absolute Gasteiger partial charge is 0.462 e. The summed E-state index contributed by atoms with van der Waals surface area (Å²) in [5.74, 6) is -2.93. The summed E-state index contributed by atoms with van der Waals surface area (Å²) in [6, 6.07) is 1.93. The molecule has 25 heavy (non-hydrogen) atoms. The smallest absolute Gasteiger partial charge is 0.319 e. The van der Waals surface area contributed by atoms with Gasteiger partial charge in [-0.25, -0.2) is 8.78 Å². The van der Waals surface area contributed by atoms with E-state index in [2.05, 4.69) is 5.32 Å². The van der Waals surface area contributed by atoms with Crippen LogP contribution in [0.4, 0.5) is 14.5 Å². The second kappa shape index (κ2) is 9.17. The van der Waals surface area contributed by atoms with E-state index in [0.29, 0.717) is 6.07 Å². The SMILES string of the molecule is CC(C)OC(=O)C(Sc1cc(NC(=O)C(C)C)c(F)cc1F)C(C)C. The molecular formula is C18H25F2NO3S. The van der Waals surface area contributed by atoms with Crippen molar-refractivity contribution in [3.63, 3.8) is 0 Å². The fourth-order valence-electron chi connectivity index (χ4n) is 1.88. The molecule has 0 aromatic heterocycles. The first-order valence-corrected chi connectivity index (χ1v) is 9.08. The zero-order valence-electron chi connectivity index (χ0n) is 15.4. The van der Waals surface area contributed by atoms with Crippen molar-refractivity contribution in [2.75, 3.05) is 5.32 Å². The molecule has 0 saturated heterocycles. The number of rotatable bonds is 7. The highest BCUT2D eigenvalue weighted by atomic mass is 32.2. The molecule has 1 amide bonds. The number of amides is 1. The standard InChI is InChI=1S/C18H25F2NO3S/c1-9(2)16(18(23)24-11(5)6)25-15-8-14(12(19)7-13(15)20)21-17(22)10(3)4/h7-11,16H,1-6H3,(H,21,22). The first-order valence-electron chi connectivity index (χ1n) is 8.20. The summed E-state index contributed by atoms with van der Waals surface area (Å²) in [7, 11) is 0. The number of hydrogen-bond donors (Lipinski definition) is 1. The Kier molecular flexibility index (Phi) is 7.86. The molecule has 0 fully saturated rings. The highest BCUT2D eigenvalue weighted by molar-refractivity contribution is 8.00. The number of hydrogen-bond acceptors (Lipinski definition) is 4. The number of nitrogens with one attached hydrogen (secondary N) is 1. The summed E-state index contributed by atoms with van der Waals surface area (Å²) in [5, 5.41) is 1.79. The normalized spacial score (nSPS) is 12.6. The van der Waals surface area contributed by atoms with E-state index >= 15 is 0 Å². The van der Waals surface area contributed by atoms with Crippen LogP contribution in [0.5, 0.6) is 0 Å². The van der Waals surface area contributed by atoms with E-state index in [9.17, 15) is 18.4 Å². The number of anilines is 1. The van der Waals surface area contributed by atoms with Crippen molar-refractivity contribution in [3.05, 3.63) is 23.8 Å². The van der Waals surface area contributed by atoms with Crippen LogP contribution < -0.4 is 5.32 Å². The summed E-state index contributed by atoms with van der Waals surface area (Å²) in [6.07, 6.45) is -0.284. The lowest BCUT2D eigenvalue weighted by Crippen LogP contribution is -2.28. The van der Waals surface area contributed by atoms with Crippen LogP contribution in [0.25, 0.3) is 0 Å². The number of esters is 1. The van der Waals surface area contributed by atoms with Gasteiger partial charge in [0.1, 0.15) is 16.9 Å². The van der Waals surface area contributed by atoms with Gasteiger partial charge in [-0.2, -0.15) is 0 Å². The van der Waals surface area contributed by atoms with Gasteiger partial charge in [0.25, 0.3) is 0 Å². The Morgan fingerprint density at radius 1 is 1.04 bits per heavy atom. The molecule has 0 aliphatic rings. The van der Waals surface area contributed by atoms with Crippen LogP contribution in [0.1, 0.15) is 41.5 Å². The summed E-state index contributed by atoms with van der Waals surface area (Å²) in [4.78, 5) is 24.1. The number of carbonyl (C=O) groups is 2. The summed E-state index contributed by atoms with van der Waals surface area (Å²) in [6.45, 7) is 10.5. The van der Waals surface area contributed by atoms with E-state index in [1.54, 1.807) is 27.7 Å². The van der Waals surface area contributed by atoms with E-state index in [4.69, 9.17) is 4.74 Å². The van der Waals surface area contributed by atoms with Crippen molar-refractivity contribution in [2.24, 2.45) is 11.8 Å². The minimum Gasteiger partial charge on any atom is -0.462 e. The van der Waals surface area contributed by atoms with E-state index in [1.807, 2.05) is 13.8 Å². The van der Waals surface area contributed by atoms with Gasteiger partial charge in [-0.1, -0.05) is 27.7 Å². The molecule has 7 heteroatoms. The topological polar surface area (TPSA) is 55.4 Å². The van der Waals surface area contributed by atoms with Crippen molar-refractivity contribution < 1.29 is 23.1 Å². The van der Waals surface area contributed by atoms with Crippen LogP contribution in [0.3, 0.4) is 0 Å². The quantitative estimate of drug-likeness (QED) is 0.559. The molecule has 0 aliphatic carbocycles. The number of carbonyl (C=O) groups excluding carboxylic acids is 2. The maximum atomic E-state index is 14.2. The zero-order valence-corrected chi connectivity index (χ0v) is 16.2. The molecule has 4 nitrogen and oxygen atoms in total. The number of halogens is 2. The van der Waals surface area contributed by atoms with E-state index in [1.165, 1.54) is 6.07 Å². The van der Waals surface area contributed by atoms with Gasteiger partial charge in [0, 0.05) is 16.9 Å². The molecule has 0 aliphatic heterocycles. The molecule has 0 heterocycles. The molecule has 1 unspecified atom stereocenters. The second-order valence-corrected chi connectivity index (χ2v) is 7.86. The molecule has 1 atom stereocenters. The van der Waals surface area contributed by atoms with Crippen molar-refractivity contribution in [2.45, 2.75) is 57.8 Å². The monoisotopic (exact) mass is 373 g/mol. The summed E-state index contributed by atoms with van der Waals surface area (Å²) in [5.41, 5.74) is -0.109. The van der Waals surface area contributed by atoms with Gasteiger partial charge >= 0.3 is 5.97 Å². The third kappa shape index (κ3) is 6.30. The van der Waals surface area contributed by atoms with Crippen molar-refractivity contribution in [1.29, 1.82) is 0 Å². The van der Waals surface area contributed by atoms with Gasteiger partial charge in [-0.15, -0.1) is 11.8 Å². The van der Waals surface area contributed by atoms with Crippen LogP contribution in [0, 0.1) is 23.5 Å².